The Morgan fingerprint density at radius 1 is 1.19 bits per heavy atom. The molecule has 1 amide bonds. The minimum absolute atomic E-state index is 0.0263. The second-order valence-corrected chi connectivity index (χ2v) is 9.12. The first-order chi connectivity index (χ1) is 14.7. The smallest absolute Gasteiger partial charge is 0.330 e. The summed E-state index contributed by atoms with van der Waals surface area (Å²) < 4.78 is 21.3. The van der Waals surface area contributed by atoms with Crippen LogP contribution in [0.5, 0.6) is 0 Å². The van der Waals surface area contributed by atoms with Gasteiger partial charge in [0.15, 0.2) is 16.6 Å². The standard InChI is InChI=1S/C20H22N2O7S2/c23-17(24)12-20(19(26)27)8-4-9-22(20)18(25)14(21-16-7-3-10-30-16)11-13-5-1-2-6-15(13)31(28)29/h1-3,5-7,10,14,21H,4,8-9,11-12H2,(H,23,24)(H,26,27)(H,28,29)/t14-,20-/m1/s1. The van der Waals surface area contributed by atoms with Gasteiger partial charge in [-0.1, -0.05) is 18.2 Å². The summed E-state index contributed by atoms with van der Waals surface area (Å²) in [5.74, 6) is -3.22. The number of carboxylic acid groups (broad SMARTS) is 2. The van der Waals surface area contributed by atoms with Crippen LogP contribution >= 0.6 is 11.3 Å². The average Bonchev–Trinajstić information content (AvgIpc) is 3.37. The van der Waals surface area contributed by atoms with Crippen molar-refractivity contribution in [1.82, 2.24) is 4.90 Å². The molecule has 9 nitrogen and oxygen atoms in total. The summed E-state index contributed by atoms with van der Waals surface area (Å²) in [6, 6.07) is 9.00. The SMILES string of the molecule is O=C(O)C[C@@]1(C(=O)O)CCCN1C(=O)[C@@H](Cc1ccccc1S(=O)O)Nc1cccs1. The third-order valence-corrected chi connectivity index (χ3v) is 6.89. The molecule has 1 aliphatic heterocycles. The number of carbonyl (C=O) groups excluding carboxylic acids is 1. The van der Waals surface area contributed by atoms with E-state index in [0.717, 1.165) is 4.90 Å². The number of anilines is 1. The van der Waals surface area contributed by atoms with Crippen molar-refractivity contribution in [2.24, 2.45) is 0 Å². The molecule has 4 N–H and O–H groups in total. The first-order valence-corrected chi connectivity index (χ1v) is 11.5. The predicted molar refractivity (Wildman–Crippen MR) is 114 cm³/mol. The molecule has 11 heteroatoms. The summed E-state index contributed by atoms with van der Waals surface area (Å²) in [6.07, 6.45) is -0.257. The van der Waals surface area contributed by atoms with Gasteiger partial charge in [0.2, 0.25) is 5.91 Å². The maximum Gasteiger partial charge on any atom is 0.330 e. The molecule has 1 saturated heterocycles. The van der Waals surface area contributed by atoms with Crippen molar-refractivity contribution < 1.29 is 33.4 Å². The molecule has 0 bridgehead atoms. The summed E-state index contributed by atoms with van der Waals surface area (Å²) in [7, 11) is 0. The van der Waals surface area contributed by atoms with Crippen LogP contribution in [0.25, 0.3) is 0 Å². The summed E-state index contributed by atoms with van der Waals surface area (Å²) in [4.78, 5) is 38.3. The quantitative estimate of drug-likeness (QED) is 0.412. The van der Waals surface area contributed by atoms with Crippen LogP contribution in [0.1, 0.15) is 24.8 Å². The molecular weight excluding hydrogens is 444 g/mol. The van der Waals surface area contributed by atoms with E-state index >= 15 is 0 Å². The van der Waals surface area contributed by atoms with Gasteiger partial charge in [-0.25, -0.2) is 9.00 Å². The van der Waals surface area contributed by atoms with E-state index < -0.39 is 46.9 Å². The van der Waals surface area contributed by atoms with E-state index in [9.17, 15) is 33.4 Å². The number of benzene rings is 1. The third-order valence-electron chi connectivity index (χ3n) is 5.32. The minimum atomic E-state index is -2.26. The summed E-state index contributed by atoms with van der Waals surface area (Å²) in [5, 5.41) is 24.7. The van der Waals surface area contributed by atoms with Crippen molar-refractivity contribution in [2.75, 3.05) is 11.9 Å². The molecule has 0 spiro atoms. The fourth-order valence-corrected chi connectivity index (χ4v) is 5.16. The van der Waals surface area contributed by atoms with E-state index in [2.05, 4.69) is 5.32 Å². The van der Waals surface area contributed by atoms with Crippen LogP contribution in [0.2, 0.25) is 0 Å². The van der Waals surface area contributed by atoms with Gasteiger partial charge in [0.05, 0.1) is 16.3 Å². The molecule has 3 rings (SSSR count). The fourth-order valence-electron chi connectivity index (χ4n) is 3.92. The molecule has 1 aromatic carbocycles. The highest BCUT2D eigenvalue weighted by Crippen LogP contribution is 2.34. The summed E-state index contributed by atoms with van der Waals surface area (Å²) in [5.41, 5.74) is -1.36. The van der Waals surface area contributed by atoms with E-state index in [-0.39, 0.29) is 24.3 Å². The van der Waals surface area contributed by atoms with Crippen molar-refractivity contribution >= 4 is 45.3 Å². The molecule has 31 heavy (non-hydrogen) atoms. The van der Waals surface area contributed by atoms with Gasteiger partial charge >= 0.3 is 11.9 Å². The Hall–Kier alpha value is -2.76. The third kappa shape index (κ3) is 4.94. The molecule has 166 valence electrons. The normalized spacial score (nSPS) is 20.2. The van der Waals surface area contributed by atoms with Crippen molar-refractivity contribution in [3.05, 3.63) is 47.3 Å². The van der Waals surface area contributed by atoms with Crippen LogP contribution < -0.4 is 5.32 Å². The Morgan fingerprint density at radius 3 is 2.55 bits per heavy atom. The minimum Gasteiger partial charge on any atom is -0.481 e. The second-order valence-electron chi connectivity index (χ2n) is 7.24. The van der Waals surface area contributed by atoms with Gasteiger partial charge in [-0.05, 0) is 42.0 Å². The lowest BCUT2D eigenvalue weighted by atomic mass is 9.91. The number of carbonyl (C=O) groups is 3. The Balaban J connectivity index is 1.97. The molecule has 1 aromatic heterocycles. The summed E-state index contributed by atoms with van der Waals surface area (Å²) in [6.45, 7) is 0.120. The molecule has 2 aromatic rings. The molecule has 0 radical (unpaired) electrons. The molecule has 1 fully saturated rings. The van der Waals surface area contributed by atoms with Crippen LogP contribution in [0.15, 0.2) is 46.7 Å². The van der Waals surface area contributed by atoms with Crippen LogP contribution in [-0.2, 0) is 31.9 Å². The van der Waals surface area contributed by atoms with Gasteiger partial charge < -0.3 is 25.0 Å². The zero-order chi connectivity index (χ0) is 22.6. The van der Waals surface area contributed by atoms with Crippen molar-refractivity contribution in [1.29, 1.82) is 0 Å². The van der Waals surface area contributed by atoms with Gasteiger partial charge in [-0.15, -0.1) is 11.3 Å². The van der Waals surface area contributed by atoms with Crippen LogP contribution in [0, 0.1) is 0 Å². The maximum atomic E-state index is 13.5. The Labute approximate surface area is 185 Å². The highest BCUT2D eigenvalue weighted by atomic mass is 32.2. The highest BCUT2D eigenvalue weighted by molar-refractivity contribution is 7.79. The molecule has 1 unspecified atom stereocenters. The summed E-state index contributed by atoms with van der Waals surface area (Å²) >= 11 is -0.916. The first kappa shape index (κ1) is 22.9. The number of hydrogen-bond acceptors (Lipinski definition) is 6. The number of carboxylic acids is 2. The van der Waals surface area contributed by atoms with E-state index in [1.54, 1.807) is 30.3 Å². The van der Waals surface area contributed by atoms with Gasteiger partial charge in [0.1, 0.15) is 6.04 Å². The Morgan fingerprint density at radius 2 is 1.94 bits per heavy atom. The van der Waals surface area contributed by atoms with E-state index in [1.165, 1.54) is 17.4 Å². The fraction of sp³-hybridized carbons (Fsp3) is 0.350. The van der Waals surface area contributed by atoms with Gasteiger partial charge in [0, 0.05) is 13.0 Å². The number of thiophene rings is 1. The van der Waals surface area contributed by atoms with Crippen LogP contribution in [-0.4, -0.2) is 59.8 Å². The zero-order valence-electron chi connectivity index (χ0n) is 16.4. The van der Waals surface area contributed by atoms with Crippen molar-refractivity contribution in [2.45, 2.75) is 42.2 Å². The predicted octanol–water partition coefficient (Wildman–Crippen LogP) is 2.27. The first-order valence-electron chi connectivity index (χ1n) is 9.50. The molecule has 2 heterocycles. The lowest BCUT2D eigenvalue weighted by Crippen LogP contribution is -2.58. The van der Waals surface area contributed by atoms with E-state index in [4.69, 9.17) is 0 Å². The van der Waals surface area contributed by atoms with E-state index in [0.29, 0.717) is 17.0 Å². The number of hydrogen-bond donors (Lipinski definition) is 4. The number of amides is 1. The molecule has 0 aliphatic carbocycles. The number of nitrogens with zero attached hydrogens (tertiary/aromatic N) is 1. The van der Waals surface area contributed by atoms with Crippen molar-refractivity contribution in [3.63, 3.8) is 0 Å². The Bertz CT molecular complexity index is 995. The largest absolute Gasteiger partial charge is 0.481 e. The number of rotatable bonds is 9. The van der Waals surface area contributed by atoms with E-state index in [1.807, 2.05) is 5.38 Å². The second kappa shape index (κ2) is 9.58. The zero-order valence-corrected chi connectivity index (χ0v) is 18.0. The number of likely N-dealkylation sites (tertiary alicyclic amines) is 1. The molecule has 0 saturated carbocycles. The van der Waals surface area contributed by atoms with Gasteiger partial charge in [-0.2, -0.15) is 0 Å². The lowest BCUT2D eigenvalue weighted by molar-refractivity contribution is -0.161. The lowest BCUT2D eigenvalue weighted by Gasteiger charge is -2.36. The van der Waals surface area contributed by atoms with Crippen LogP contribution in [0.4, 0.5) is 5.00 Å². The monoisotopic (exact) mass is 466 g/mol. The molecule has 3 atom stereocenters. The average molecular weight is 467 g/mol. The Kier molecular flexibility index (Phi) is 7.08. The topological polar surface area (TPSA) is 144 Å². The number of aliphatic carboxylic acids is 2. The maximum absolute atomic E-state index is 13.5. The van der Waals surface area contributed by atoms with Gasteiger partial charge in [-0.3, -0.25) is 9.59 Å². The molecule has 1 aliphatic rings. The van der Waals surface area contributed by atoms with Crippen LogP contribution in [0.3, 0.4) is 0 Å². The highest BCUT2D eigenvalue weighted by Gasteiger charge is 2.52. The van der Waals surface area contributed by atoms with Gasteiger partial charge in [0.25, 0.3) is 0 Å². The van der Waals surface area contributed by atoms with Crippen molar-refractivity contribution in [3.8, 4) is 0 Å². The molecular formula is C20H22N2O7S2. The number of nitrogens with one attached hydrogen (secondary N) is 1.